The number of benzene rings is 2. The van der Waals surface area contributed by atoms with E-state index in [1.165, 1.54) is 30.0 Å². The molecule has 0 unspecified atom stereocenters. The van der Waals surface area contributed by atoms with Gasteiger partial charge in [-0.2, -0.15) is 4.31 Å². The van der Waals surface area contributed by atoms with E-state index in [1.807, 2.05) is 6.92 Å². The van der Waals surface area contributed by atoms with Gasteiger partial charge in [-0.15, -0.1) is 0 Å². The van der Waals surface area contributed by atoms with Crippen LogP contribution in [0.2, 0.25) is 0 Å². The summed E-state index contributed by atoms with van der Waals surface area (Å²) < 4.78 is 27.7. The molecule has 4 rings (SSSR count). The smallest absolute Gasteiger partial charge is 0.251 e. The van der Waals surface area contributed by atoms with Crippen LogP contribution >= 0.6 is 0 Å². The Kier molecular flexibility index (Phi) is 6.77. The van der Waals surface area contributed by atoms with Crippen LogP contribution in [0.15, 0.2) is 47.4 Å². The third-order valence-corrected chi connectivity index (χ3v) is 8.41. The number of carbonyl (C=O) groups excluding carboxylic acids is 1. The molecule has 0 radical (unpaired) electrons. The van der Waals surface area contributed by atoms with E-state index in [4.69, 9.17) is 0 Å². The van der Waals surface area contributed by atoms with Crippen molar-refractivity contribution < 1.29 is 13.2 Å². The summed E-state index contributed by atoms with van der Waals surface area (Å²) in [4.78, 5) is 13.1. The monoisotopic (exact) mass is 440 g/mol. The standard InChI is InChI=1S/C25H32N2O3S/c1-19(21-14-13-20-9-4-5-10-22(20)17-21)26-25(28)23-11-8-12-24(18-23)31(29,30)27-15-6-2-3-7-16-27/h8,11-14,17-19H,2-7,9-10,15-16H2,1H3,(H,26,28)/t19-/m0/s1. The van der Waals surface area contributed by atoms with Gasteiger partial charge in [-0.05, 0) is 80.3 Å². The molecule has 0 spiro atoms. The normalized spacial score (nSPS) is 18.6. The molecule has 5 nitrogen and oxygen atoms in total. The van der Waals surface area contributed by atoms with E-state index < -0.39 is 10.0 Å². The van der Waals surface area contributed by atoms with Gasteiger partial charge in [0.15, 0.2) is 0 Å². The number of carbonyl (C=O) groups is 1. The van der Waals surface area contributed by atoms with Crippen molar-refractivity contribution in [3.05, 3.63) is 64.7 Å². The summed E-state index contributed by atoms with van der Waals surface area (Å²) in [7, 11) is -3.58. The van der Waals surface area contributed by atoms with Crippen LogP contribution in [0.4, 0.5) is 0 Å². The Morgan fingerprint density at radius 1 is 0.903 bits per heavy atom. The van der Waals surface area contributed by atoms with Gasteiger partial charge in [-0.25, -0.2) is 8.42 Å². The maximum Gasteiger partial charge on any atom is 0.251 e. The molecule has 2 aliphatic rings. The number of sulfonamides is 1. The molecule has 1 aliphatic heterocycles. The number of fused-ring (bicyclic) bond motifs is 1. The summed E-state index contributed by atoms with van der Waals surface area (Å²) >= 11 is 0. The predicted molar refractivity (Wildman–Crippen MR) is 123 cm³/mol. The molecule has 1 heterocycles. The van der Waals surface area contributed by atoms with Crippen molar-refractivity contribution in [2.75, 3.05) is 13.1 Å². The molecule has 1 amide bonds. The molecule has 0 bridgehead atoms. The molecule has 0 saturated carbocycles. The Hall–Kier alpha value is -2.18. The summed E-state index contributed by atoms with van der Waals surface area (Å²) in [5.74, 6) is -0.252. The van der Waals surface area contributed by atoms with E-state index >= 15 is 0 Å². The third kappa shape index (κ3) is 5.01. The number of nitrogens with one attached hydrogen (secondary N) is 1. The minimum absolute atomic E-state index is 0.148. The highest BCUT2D eigenvalue weighted by molar-refractivity contribution is 7.89. The Bertz CT molecular complexity index is 1040. The van der Waals surface area contributed by atoms with Gasteiger partial charge >= 0.3 is 0 Å². The average Bonchev–Trinajstić information content (AvgIpc) is 3.09. The van der Waals surface area contributed by atoms with Crippen molar-refractivity contribution in [3.8, 4) is 0 Å². The van der Waals surface area contributed by atoms with Crippen molar-refractivity contribution >= 4 is 15.9 Å². The zero-order chi connectivity index (χ0) is 21.8. The Morgan fingerprint density at radius 2 is 1.61 bits per heavy atom. The zero-order valence-corrected chi connectivity index (χ0v) is 19.1. The van der Waals surface area contributed by atoms with Crippen LogP contribution in [0.25, 0.3) is 0 Å². The van der Waals surface area contributed by atoms with Gasteiger partial charge in [-0.1, -0.05) is 37.1 Å². The second-order valence-corrected chi connectivity index (χ2v) is 10.7. The lowest BCUT2D eigenvalue weighted by molar-refractivity contribution is 0.0939. The fraction of sp³-hybridized carbons (Fsp3) is 0.480. The van der Waals surface area contributed by atoms with Crippen LogP contribution in [0.3, 0.4) is 0 Å². The largest absolute Gasteiger partial charge is 0.346 e. The number of nitrogens with zero attached hydrogens (tertiary/aromatic N) is 1. The highest BCUT2D eigenvalue weighted by Crippen LogP contribution is 2.25. The lowest BCUT2D eigenvalue weighted by Gasteiger charge is -2.21. The van der Waals surface area contributed by atoms with E-state index in [1.54, 1.807) is 22.5 Å². The first-order valence-corrected chi connectivity index (χ1v) is 12.9. The van der Waals surface area contributed by atoms with Crippen molar-refractivity contribution in [1.29, 1.82) is 0 Å². The minimum Gasteiger partial charge on any atom is -0.346 e. The number of hydrogen-bond donors (Lipinski definition) is 1. The maximum atomic E-state index is 13.1. The van der Waals surface area contributed by atoms with E-state index in [9.17, 15) is 13.2 Å². The molecule has 2 aromatic rings. The first-order chi connectivity index (χ1) is 14.9. The van der Waals surface area contributed by atoms with E-state index in [0.717, 1.165) is 44.1 Å². The molecule has 0 aromatic heterocycles. The zero-order valence-electron chi connectivity index (χ0n) is 18.3. The second kappa shape index (κ2) is 9.53. The molecule has 1 saturated heterocycles. The van der Waals surface area contributed by atoms with Crippen LogP contribution in [-0.4, -0.2) is 31.7 Å². The molecule has 1 atom stereocenters. The Morgan fingerprint density at radius 3 is 2.35 bits per heavy atom. The quantitative estimate of drug-likeness (QED) is 0.738. The summed E-state index contributed by atoms with van der Waals surface area (Å²) in [5.41, 5.74) is 4.26. The topological polar surface area (TPSA) is 66.5 Å². The molecule has 31 heavy (non-hydrogen) atoms. The van der Waals surface area contributed by atoms with Crippen molar-refractivity contribution in [1.82, 2.24) is 9.62 Å². The van der Waals surface area contributed by atoms with Crippen molar-refractivity contribution in [2.45, 2.75) is 69.2 Å². The maximum absolute atomic E-state index is 13.1. The van der Waals surface area contributed by atoms with Crippen LogP contribution in [0.1, 0.15) is 78.5 Å². The van der Waals surface area contributed by atoms with Gasteiger partial charge in [0, 0.05) is 18.7 Å². The van der Waals surface area contributed by atoms with Gasteiger partial charge in [0.1, 0.15) is 0 Å². The Balaban J connectivity index is 1.49. The minimum atomic E-state index is -3.58. The number of hydrogen-bond acceptors (Lipinski definition) is 3. The summed E-state index contributed by atoms with van der Waals surface area (Å²) in [5, 5.41) is 3.04. The van der Waals surface area contributed by atoms with E-state index in [0.29, 0.717) is 18.7 Å². The van der Waals surface area contributed by atoms with Crippen LogP contribution in [0, 0.1) is 0 Å². The number of aryl methyl sites for hydroxylation is 2. The first-order valence-electron chi connectivity index (χ1n) is 11.5. The number of rotatable bonds is 5. The number of amides is 1. The van der Waals surface area contributed by atoms with Gasteiger partial charge in [-0.3, -0.25) is 4.79 Å². The third-order valence-electron chi connectivity index (χ3n) is 6.52. The van der Waals surface area contributed by atoms with Crippen molar-refractivity contribution in [3.63, 3.8) is 0 Å². The molecule has 166 valence electrons. The van der Waals surface area contributed by atoms with Gasteiger partial charge < -0.3 is 5.32 Å². The summed E-state index contributed by atoms with van der Waals surface area (Å²) in [6.07, 6.45) is 8.60. The highest BCUT2D eigenvalue weighted by atomic mass is 32.2. The Labute approximate surface area is 185 Å². The lowest BCUT2D eigenvalue weighted by Crippen LogP contribution is -2.32. The van der Waals surface area contributed by atoms with Gasteiger partial charge in [0.05, 0.1) is 10.9 Å². The predicted octanol–water partition coefficient (Wildman–Crippen LogP) is 4.62. The molecule has 1 fully saturated rings. The van der Waals surface area contributed by atoms with E-state index in [2.05, 4.69) is 23.5 Å². The molecule has 6 heteroatoms. The van der Waals surface area contributed by atoms with Crippen molar-refractivity contribution in [2.24, 2.45) is 0 Å². The molecule has 1 aliphatic carbocycles. The van der Waals surface area contributed by atoms with Crippen LogP contribution in [0.5, 0.6) is 0 Å². The molecular formula is C25H32N2O3S. The van der Waals surface area contributed by atoms with Gasteiger partial charge in [0.25, 0.3) is 5.91 Å². The average molecular weight is 441 g/mol. The fourth-order valence-electron chi connectivity index (χ4n) is 4.61. The first kappa shape index (κ1) is 22.0. The highest BCUT2D eigenvalue weighted by Gasteiger charge is 2.26. The summed E-state index contributed by atoms with van der Waals surface area (Å²) in [6, 6.07) is 12.8. The van der Waals surface area contributed by atoms with Gasteiger partial charge in [0.2, 0.25) is 10.0 Å². The summed E-state index contributed by atoms with van der Waals surface area (Å²) in [6.45, 7) is 3.07. The molecular weight excluding hydrogens is 408 g/mol. The van der Waals surface area contributed by atoms with Crippen LogP contribution < -0.4 is 5.32 Å². The van der Waals surface area contributed by atoms with Crippen LogP contribution in [-0.2, 0) is 22.9 Å². The molecule has 1 N–H and O–H groups in total. The second-order valence-electron chi connectivity index (χ2n) is 8.78. The molecule has 2 aromatic carbocycles. The lowest BCUT2D eigenvalue weighted by atomic mass is 9.89. The SMILES string of the molecule is C[C@H](NC(=O)c1cccc(S(=O)(=O)N2CCCCCC2)c1)c1ccc2c(c1)CCCC2. The fourth-order valence-corrected chi connectivity index (χ4v) is 6.18. The van der Waals surface area contributed by atoms with E-state index in [-0.39, 0.29) is 16.8 Å².